The molecule has 0 fully saturated rings. The van der Waals surface area contributed by atoms with Crippen LogP contribution in [0.2, 0.25) is 0 Å². The molecule has 5 nitrogen and oxygen atoms in total. The van der Waals surface area contributed by atoms with Crippen molar-refractivity contribution in [3.8, 4) is 6.07 Å². The number of hydrogen-bond acceptors (Lipinski definition) is 4. The summed E-state index contributed by atoms with van der Waals surface area (Å²) in [4.78, 5) is 14.1. The Morgan fingerprint density at radius 2 is 1.89 bits per heavy atom. The second-order valence-electron chi connectivity index (χ2n) is 4.94. The number of anilines is 2. The summed E-state index contributed by atoms with van der Waals surface area (Å²) in [5.41, 5.74) is 12.8. The van der Waals surface area contributed by atoms with E-state index in [-0.39, 0.29) is 5.91 Å². The summed E-state index contributed by atoms with van der Waals surface area (Å²) >= 11 is 0. The van der Waals surface area contributed by atoms with Crippen LogP contribution >= 0.6 is 0 Å². The molecule has 0 heterocycles. The van der Waals surface area contributed by atoms with E-state index in [2.05, 4.69) is 6.07 Å². The van der Waals surface area contributed by atoms with E-state index in [9.17, 15) is 4.79 Å². The second kappa shape index (κ2) is 6.64. The average Bonchev–Trinajstić information content (AvgIpc) is 2.32. The predicted molar refractivity (Wildman–Crippen MR) is 76.2 cm³/mol. The molecule has 5 heteroatoms. The third-order valence-corrected chi connectivity index (χ3v) is 2.59. The number of nitrogen functional groups attached to an aromatic ring is 2. The molecule has 0 aliphatic heterocycles. The molecule has 0 bridgehead atoms. The zero-order valence-corrected chi connectivity index (χ0v) is 11.4. The minimum atomic E-state index is -0.136. The number of nitriles is 1. The number of benzene rings is 1. The molecule has 1 aromatic rings. The Morgan fingerprint density at radius 3 is 2.37 bits per heavy atom. The lowest BCUT2D eigenvalue weighted by Crippen LogP contribution is -2.35. The fraction of sp³-hybridized carbons (Fsp3) is 0.429. The third kappa shape index (κ3) is 4.51. The summed E-state index contributed by atoms with van der Waals surface area (Å²) < 4.78 is 0. The molecule has 0 aromatic heterocycles. The van der Waals surface area contributed by atoms with Crippen LogP contribution in [0.3, 0.4) is 0 Å². The molecule has 102 valence electrons. The van der Waals surface area contributed by atoms with Crippen LogP contribution in [0.4, 0.5) is 11.4 Å². The van der Waals surface area contributed by atoms with Gasteiger partial charge in [0.05, 0.1) is 12.5 Å². The highest BCUT2D eigenvalue weighted by Gasteiger charge is 2.17. The average molecular weight is 260 g/mol. The third-order valence-electron chi connectivity index (χ3n) is 2.59. The maximum Gasteiger partial charge on any atom is 0.254 e. The SMILES string of the molecule is CC(C)CN(CCC#N)C(=O)c1cc(N)cc(N)c1. The highest BCUT2D eigenvalue weighted by atomic mass is 16.2. The number of rotatable bonds is 5. The Balaban J connectivity index is 2.94. The van der Waals surface area contributed by atoms with Crippen molar-refractivity contribution < 1.29 is 4.79 Å². The summed E-state index contributed by atoms with van der Waals surface area (Å²) in [6.45, 7) is 5.08. The zero-order chi connectivity index (χ0) is 14.4. The largest absolute Gasteiger partial charge is 0.399 e. The summed E-state index contributed by atoms with van der Waals surface area (Å²) in [6, 6.07) is 6.89. The van der Waals surface area contributed by atoms with Gasteiger partial charge in [0.25, 0.3) is 5.91 Å². The Labute approximate surface area is 113 Å². The van der Waals surface area contributed by atoms with Crippen LogP contribution in [0.15, 0.2) is 18.2 Å². The number of hydrogen-bond donors (Lipinski definition) is 2. The van der Waals surface area contributed by atoms with Gasteiger partial charge in [-0.1, -0.05) is 13.8 Å². The van der Waals surface area contributed by atoms with Gasteiger partial charge in [0.15, 0.2) is 0 Å². The van der Waals surface area contributed by atoms with Crippen LogP contribution in [0.5, 0.6) is 0 Å². The second-order valence-corrected chi connectivity index (χ2v) is 4.94. The van der Waals surface area contributed by atoms with E-state index in [4.69, 9.17) is 16.7 Å². The van der Waals surface area contributed by atoms with Crippen LogP contribution in [-0.4, -0.2) is 23.9 Å². The number of carbonyl (C=O) groups is 1. The van der Waals surface area contributed by atoms with Crippen molar-refractivity contribution in [2.45, 2.75) is 20.3 Å². The smallest absolute Gasteiger partial charge is 0.254 e. The van der Waals surface area contributed by atoms with Crippen molar-refractivity contribution in [3.05, 3.63) is 23.8 Å². The Hall–Kier alpha value is -2.22. The molecule has 0 atom stereocenters. The van der Waals surface area contributed by atoms with Crippen molar-refractivity contribution >= 4 is 17.3 Å². The Bertz CT molecular complexity index is 470. The Kier molecular flexibility index (Phi) is 5.19. The highest BCUT2D eigenvalue weighted by molar-refractivity contribution is 5.96. The lowest BCUT2D eigenvalue weighted by molar-refractivity contribution is 0.0740. The maximum atomic E-state index is 12.4. The number of carbonyl (C=O) groups excluding carboxylic acids is 1. The van der Waals surface area contributed by atoms with Crippen molar-refractivity contribution in [3.63, 3.8) is 0 Å². The molecule has 0 unspecified atom stereocenters. The molecular weight excluding hydrogens is 240 g/mol. The fourth-order valence-electron chi connectivity index (χ4n) is 1.88. The number of nitrogens with two attached hydrogens (primary N) is 2. The molecule has 19 heavy (non-hydrogen) atoms. The molecule has 0 aliphatic rings. The van der Waals surface area contributed by atoms with Crippen LogP contribution in [0.1, 0.15) is 30.6 Å². The van der Waals surface area contributed by atoms with E-state index >= 15 is 0 Å². The van der Waals surface area contributed by atoms with Gasteiger partial charge in [0.2, 0.25) is 0 Å². The molecule has 1 amide bonds. The number of amides is 1. The monoisotopic (exact) mass is 260 g/mol. The summed E-state index contributed by atoms with van der Waals surface area (Å²) in [5.74, 6) is 0.198. The molecule has 1 rings (SSSR count). The first-order valence-corrected chi connectivity index (χ1v) is 6.26. The van der Waals surface area contributed by atoms with E-state index in [1.807, 2.05) is 13.8 Å². The van der Waals surface area contributed by atoms with Crippen LogP contribution in [-0.2, 0) is 0 Å². The molecule has 0 saturated carbocycles. The van der Waals surface area contributed by atoms with Gasteiger partial charge in [-0.25, -0.2) is 0 Å². The van der Waals surface area contributed by atoms with E-state index in [1.54, 1.807) is 23.1 Å². The molecule has 0 radical (unpaired) electrons. The summed E-state index contributed by atoms with van der Waals surface area (Å²) in [6.07, 6.45) is 0.316. The normalized spacial score (nSPS) is 10.2. The first-order valence-electron chi connectivity index (χ1n) is 6.26. The zero-order valence-electron chi connectivity index (χ0n) is 11.4. The van der Waals surface area contributed by atoms with Crippen molar-refractivity contribution in [2.24, 2.45) is 5.92 Å². The van der Waals surface area contributed by atoms with E-state index in [1.165, 1.54) is 0 Å². The minimum Gasteiger partial charge on any atom is -0.399 e. The Morgan fingerprint density at radius 1 is 1.32 bits per heavy atom. The molecule has 0 saturated heterocycles. The van der Waals surface area contributed by atoms with Crippen molar-refractivity contribution in [1.82, 2.24) is 4.90 Å². The molecule has 0 spiro atoms. The topological polar surface area (TPSA) is 96.1 Å². The van der Waals surface area contributed by atoms with E-state index in [0.717, 1.165) is 0 Å². The summed E-state index contributed by atoms with van der Waals surface area (Å²) in [7, 11) is 0. The minimum absolute atomic E-state index is 0.136. The summed E-state index contributed by atoms with van der Waals surface area (Å²) in [5, 5.41) is 8.66. The quantitative estimate of drug-likeness (QED) is 0.790. The van der Waals surface area contributed by atoms with Gasteiger partial charge < -0.3 is 16.4 Å². The standard InChI is InChI=1S/C14H20N4O/c1-10(2)9-18(5-3-4-15)14(19)11-6-12(16)8-13(17)7-11/h6-8,10H,3,5,9,16-17H2,1-2H3. The molecular formula is C14H20N4O. The van der Waals surface area contributed by atoms with Gasteiger partial charge in [-0.2, -0.15) is 5.26 Å². The number of nitrogens with zero attached hydrogens (tertiary/aromatic N) is 2. The van der Waals surface area contributed by atoms with Gasteiger partial charge in [-0.3, -0.25) is 4.79 Å². The van der Waals surface area contributed by atoms with E-state index in [0.29, 0.717) is 42.4 Å². The first kappa shape index (κ1) is 14.8. The molecule has 0 aliphatic carbocycles. The van der Waals surface area contributed by atoms with Crippen molar-refractivity contribution in [1.29, 1.82) is 5.26 Å². The van der Waals surface area contributed by atoms with Gasteiger partial charge >= 0.3 is 0 Å². The lowest BCUT2D eigenvalue weighted by atomic mass is 10.1. The van der Waals surface area contributed by atoms with Gasteiger partial charge in [0, 0.05) is 30.0 Å². The first-order chi connectivity index (χ1) is 8.93. The maximum absolute atomic E-state index is 12.4. The lowest BCUT2D eigenvalue weighted by Gasteiger charge is -2.24. The van der Waals surface area contributed by atoms with Crippen LogP contribution in [0, 0.1) is 17.2 Å². The highest BCUT2D eigenvalue weighted by Crippen LogP contribution is 2.16. The van der Waals surface area contributed by atoms with E-state index < -0.39 is 0 Å². The van der Waals surface area contributed by atoms with Crippen molar-refractivity contribution in [2.75, 3.05) is 24.6 Å². The fourth-order valence-corrected chi connectivity index (χ4v) is 1.88. The van der Waals surface area contributed by atoms with Crippen LogP contribution in [0.25, 0.3) is 0 Å². The molecule has 1 aromatic carbocycles. The van der Waals surface area contributed by atoms with Gasteiger partial charge in [-0.05, 0) is 24.1 Å². The van der Waals surface area contributed by atoms with Gasteiger partial charge in [0.1, 0.15) is 0 Å². The van der Waals surface area contributed by atoms with Crippen LogP contribution < -0.4 is 11.5 Å². The van der Waals surface area contributed by atoms with Gasteiger partial charge in [-0.15, -0.1) is 0 Å². The predicted octanol–water partition coefficient (Wildman–Crippen LogP) is 1.86. The molecule has 4 N–H and O–H groups in total.